The van der Waals surface area contributed by atoms with Crippen molar-refractivity contribution in [1.29, 1.82) is 0 Å². The third-order valence-electron chi connectivity index (χ3n) is 4.69. The van der Waals surface area contributed by atoms with Crippen molar-refractivity contribution in [3.8, 4) is 11.5 Å². The number of ketones is 1. The number of carbonyl (C=O) groups excluding carboxylic acids is 1. The first-order valence-electron chi connectivity index (χ1n) is 8.33. The molecule has 1 saturated heterocycles. The lowest BCUT2D eigenvalue weighted by atomic mass is 9.69. The van der Waals surface area contributed by atoms with E-state index in [1.54, 1.807) is 0 Å². The molecule has 0 bridgehead atoms. The molecule has 3 rings (SSSR count). The van der Waals surface area contributed by atoms with E-state index >= 15 is 0 Å². The SMILES string of the molecule is CCC(=O)C1(c2ccccc2Oc2ccccc2)CCNCC1. The van der Waals surface area contributed by atoms with E-state index in [1.807, 2.05) is 55.5 Å². The summed E-state index contributed by atoms with van der Waals surface area (Å²) in [6, 6.07) is 17.7. The fourth-order valence-corrected chi connectivity index (χ4v) is 3.46. The van der Waals surface area contributed by atoms with E-state index in [0.717, 1.165) is 43.0 Å². The molecule has 1 aliphatic rings. The molecule has 120 valence electrons. The summed E-state index contributed by atoms with van der Waals surface area (Å²) >= 11 is 0. The molecule has 0 saturated carbocycles. The molecular weight excluding hydrogens is 286 g/mol. The van der Waals surface area contributed by atoms with Crippen LogP contribution in [0.15, 0.2) is 54.6 Å². The van der Waals surface area contributed by atoms with Crippen LogP contribution in [-0.4, -0.2) is 18.9 Å². The van der Waals surface area contributed by atoms with Gasteiger partial charge in [0.25, 0.3) is 0 Å². The predicted octanol–water partition coefficient (Wildman–Crippen LogP) is 4.08. The monoisotopic (exact) mass is 309 g/mol. The van der Waals surface area contributed by atoms with Crippen LogP contribution in [-0.2, 0) is 10.2 Å². The van der Waals surface area contributed by atoms with Gasteiger partial charge in [0.1, 0.15) is 17.3 Å². The lowest BCUT2D eigenvalue weighted by Gasteiger charge is -2.37. The average Bonchev–Trinajstić information content (AvgIpc) is 2.63. The number of ether oxygens (including phenoxy) is 1. The number of Topliss-reactive ketones (excluding diaryl/α,β-unsaturated/α-hetero) is 1. The van der Waals surface area contributed by atoms with Gasteiger partial charge < -0.3 is 10.1 Å². The van der Waals surface area contributed by atoms with Gasteiger partial charge in [0.2, 0.25) is 0 Å². The second-order valence-electron chi connectivity index (χ2n) is 6.02. The second-order valence-corrected chi connectivity index (χ2v) is 6.02. The van der Waals surface area contributed by atoms with E-state index in [0.29, 0.717) is 12.2 Å². The Kier molecular flexibility index (Phi) is 4.77. The van der Waals surface area contributed by atoms with Gasteiger partial charge in [-0.1, -0.05) is 43.3 Å². The molecule has 2 aromatic rings. The van der Waals surface area contributed by atoms with Gasteiger partial charge in [0, 0.05) is 12.0 Å². The Bertz CT molecular complexity index is 660. The Labute approximate surface area is 137 Å². The van der Waals surface area contributed by atoms with Crippen LogP contribution in [0.1, 0.15) is 31.7 Å². The maximum Gasteiger partial charge on any atom is 0.143 e. The van der Waals surface area contributed by atoms with Crippen LogP contribution >= 0.6 is 0 Å². The highest BCUT2D eigenvalue weighted by atomic mass is 16.5. The van der Waals surface area contributed by atoms with Crippen molar-refractivity contribution in [2.45, 2.75) is 31.6 Å². The molecular formula is C20H23NO2. The molecule has 0 atom stereocenters. The molecule has 1 fully saturated rings. The lowest BCUT2D eigenvalue weighted by Crippen LogP contribution is -2.45. The summed E-state index contributed by atoms with van der Waals surface area (Å²) in [7, 11) is 0. The summed E-state index contributed by atoms with van der Waals surface area (Å²) in [6.45, 7) is 3.68. The van der Waals surface area contributed by atoms with Crippen molar-refractivity contribution >= 4 is 5.78 Å². The highest BCUT2D eigenvalue weighted by Gasteiger charge is 2.41. The molecule has 0 unspecified atom stereocenters. The van der Waals surface area contributed by atoms with Gasteiger partial charge in [-0.25, -0.2) is 0 Å². The molecule has 23 heavy (non-hydrogen) atoms. The number of nitrogens with one attached hydrogen (secondary N) is 1. The van der Waals surface area contributed by atoms with E-state index in [9.17, 15) is 4.79 Å². The van der Waals surface area contributed by atoms with Gasteiger partial charge in [-0.2, -0.15) is 0 Å². The zero-order chi connectivity index (χ0) is 16.1. The Hall–Kier alpha value is -2.13. The number of piperidine rings is 1. The van der Waals surface area contributed by atoms with Gasteiger partial charge >= 0.3 is 0 Å². The van der Waals surface area contributed by atoms with Crippen molar-refractivity contribution in [1.82, 2.24) is 5.32 Å². The molecule has 0 aliphatic carbocycles. The standard InChI is InChI=1S/C20H23NO2/c1-2-19(22)20(12-14-21-15-13-20)17-10-6-7-11-18(17)23-16-8-4-3-5-9-16/h3-11,21H,2,12-15H2,1H3. The maximum absolute atomic E-state index is 12.8. The lowest BCUT2D eigenvalue weighted by molar-refractivity contribution is -0.125. The minimum Gasteiger partial charge on any atom is -0.457 e. The zero-order valence-corrected chi connectivity index (χ0v) is 13.5. The van der Waals surface area contributed by atoms with Crippen molar-refractivity contribution in [2.24, 2.45) is 0 Å². The first kappa shape index (κ1) is 15.8. The minimum atomic E-state index is -0.425. The van der Waals surface area contributed by atoms with Crippen LogP contribution < -0.4 is 10.1 Å². The molecule has 3 nitrogen and oxygen atoms in total. The van der Waals surface area contributed by atoms with E-state index in [1.165, 1.54) is 0 Å². The smallest absolute Gasteiger partial charge is 0.143 e. The fraction of sp³-hybridized carbons (Fsp3) is 0.350. The average molecular weight is 309 g/mol. The van der Waals surface area contributed by atoms with Crippen molar-refractivity contribution < 1.29 is 9.53 Å². The maximum atomic E-state index is 12.8. The Morgan fingerprint density at radius 1 is 1.04 bits per heavy atom. The quantitative estimate of drug-likeness (QED) is 0.904. The van der Waals surface area contributed by atoms with Crippen molar-refractivity contribution in [3.63, 3.8) is 0 Å². The summed E-state index contributed by atoms with van der Waals surface area (Å²) in [6.07, 6.45) is 2.21. The predicted molar refractivity (Wildman–Crippen MR) is 92.0 cm³/mol. The normalized spacial score (nSPS) is 16.7. The van der Waals surface area contributed by atoms with Crippen LogP contribution in [0.5, 0.6) is 11.5 Å². The Morgan fingerprint density at radius 3 is 2.39 bits per heavy atom. The summed E-state index contributed by atoms with van der Waals surface area (Å²) in [4.78, 5) is 12.8. The number of carbonyl (C=O) groups is 1. The van der Waals surface area contributed by atoms with Crippen LogP contribution in [0.3, 0.4) is 0 Å². The molecule has 1 N–H and O–H groups in total. The summed E-state index contributed by atoms with van der Waals surface area (Å²) in [5.74, 6) is 1.90. The van der Waals surface area contributed by atoms with Gasteiger partial charge in [0.05, 0.1) is 5.41 Å². The highest BCUT2D eigenvalue weighted by molar-refractivity contribution is 5.91. The first-order chi connectivity index (χ1) is 11.3. The Balaban J connectivity index is 2.02. The second kappa shape index (κ2) is 6.97. The molecule has 0 aromatic heterocycles. The fourth-order valence-electron chi connectivity index (χ4n) is 3.46. The van der Waals surface area contributed by atoms with E-state index in [2.05, 4.69) is 11.4 Å². The number of rotatable bonds is 5. The molecule has 0 radical (unpaired) electrons. The topological polar surface area (TPSA) is 38.3 Å². The number of para-hydroxylation sites is 2. The zero-order valence-electron chi connectivity index (χ0n) is 13.5. The van der Waals surface area contributed by atoms with Crippen molar-refractivity contribution in [2.75, 3.05) is 13.1 Å². The van der Waals surface area contributed by atoms with E-state index < -0.39 is 5.41 Å². The number of hydrogen-bond acceptors (Lipinski definition) is 3. The number of benzene rings is 2. The third kappa shape index (κ3) is 3.15. The largest absolute Gasteiger partial charge is 0.457 e. The van der Waals surface area contributed by atoms with Crippen LogP contribution in [0.4, 0.5) is 0 Å². The van der Waals surface area contributed by atoms with Gasteiger partial charge in [-0.05, 0) is 44.1 Å². The molecule has 1 heterocycles. The Morgan fingerprint density at radius 2 is 1.70 bits per heavy atom. The molecule has 1 aliphatic heterocycles. The van der Waals surface area contributed by atoms with E-state index in [-0.39, 0.29) is 0 Å². The number of hydrogen-bond donors (Lipinski definition) is 1. The minimum absolute atomic E-state index is 0.308. The van der Waals surface area contributed by atoms with Crippen LogP contribution in [0.25, 0.3) is 0 Å². The molecule has 0 amide bonds. The third-order valence-corrected chi connectivity index (χ3v) is 4.69. The summed E-state index contributed by atoms with van der Waals surface area (Å²) < 4.78 is 6.11. The van der Waals surface area contributed by atoms with Gasteiger partial charge in [-0.3, -0.25) is 4.79 Å². The summed E-state index contributed by atoms with van der Waals surface area (Å²) in [5, 5.41) is 3.36. The van der Waals surface area contributed by atoms with Gasteiger partial charge in [0.15, 0.2) is 0 Å². The van der Waals surface area contributed by atoms with E-state index in [4.69, 9.17) is 4.74 Å². The van der Waals surface area contributed by atoms with Crippen LogP contribution in [0, 0.1) is 0 Å². The summed E-state index contributed by atoms with van der Waals surface area (Å²) in [5.41, 5.74) is 0.600. The molecule has 3 heteroatoms. The first-order valence-corrected chi connectivity index (χ1v) is 8.33. The van der Waals surface area contributed by atoms with Crippen LogP contribution in [0.2, 0.25) is 0 Å². The molecule has 0 spiro atoms. The van der Waals surface area contributed by atoms with Crippen molar-refractivity contribution in [3.05, 3.63) is 60.2 Å². The molecule has 2 aromatic carbocycles. The highest BCUT2D eigenvalue weighted by Crippen LogP contribution is 2.41. The van der Waals surface area contributed by atoms with Gasteiger partial charge in [-0.15, -0.1) is 0 Å².